The first-order valence-electron chi connectivity index (χ1n) is 7.27. The third-order valence-electron chi connectivity index (χ3n) is 3.36. The largest absolute Gasteiger partial charge is 0.504 e. The van der Waals surface area contributed by atoms with Crippen molar-refractivity contribution < 1.29 is 19.7 Å². The number of carboxylic acid groups (broad SMARTS) is 1. The van der Waals surface area contributed by atoms with Gasteiger partial charge in [0.1, 0.15) is 0 Å². The molecule has 0 radical (unpaired) electrons. The molecule has 0 fully saturated rings. The molecule has 0 amide bonds. The number of ether oxygens (including phenoxy) is 1. The number of rotatable bonds is 7. The Balaban J connectivity index is 2.91. The van der Waals surface area contributed by atoms with Gasteiger partial charge in [0.15, 0.2) is 11.5 Å². The van der Waals surface area contributed by atoms with Crippen LogP contribution in [0.25, 0.3) is 0 Å². The van der Waals surface area contributed by atoms with Gasteiger partial charge in [0.05, 0.1) is 12.7 Å². The van der Waals surface area contributed by atoms with Gasteiger partial charge in [0, 0.05) is 5.56 Å². The summed E-state index contributed by atoms with van der Waals surface area (Å²) in [6, 6.07) is 2.75. The minimum Gasteiger partial charge on any atom is -0.504 e. The van der Waals surface area contributed by atoms with E-state index in [-0.39, 0.29) is 11.3 Å². The molecule has 0 atom stereocenters. The Morgan fingerprint density at radius 2 is 1.91 bits per heavy atom. The average molecular weight is 304 g/mol. The van der Waals surface area contributed by atoms with Gasteiger partial charge in [-0.2, -0.15) is 0 Å². The minimum atomic E-state index is -1.07. The average Bonchev–Trinajstić information content (AvgIpc) is 2.44. The zero-order valence-electron chi connectivity index (χ0n) is 13.6. The minimum absolute atomic E-state index is 0.0592. The van der Waals surface area contributed by atoms with Crippen LogP contribution in [0.1, 0.15) is 49.5 Å². The Labute approximate surface area is 131 Å². The van der Waals surface area contributed by atoms with E-state index in [4.69, 9.17) is 9.84 Å². The summed E-state index contributed by atoms with van der Waals surface area (Å²) in [4.78, 5) is 11.1. The number of benzene rings is 1. The predicted molar refractivity (Wildman–Crippen MR) is 87.7 cm³/mol. The standard InChI is InChI=1S/C18H24O4/c1-12(2)6-5-7-13(3)8-9-14-10-15(18(20)21)11-16(19)17(14)22-4/h6,8,10-11,19H,5,7,9H2,1-4H3,(H,20,21)/b13-8+. The molecule has 0 bridgehead atoms. The van der Waals surface area contributed by atoms with Crippen molar-refractivity contribution in [1.29, 1.82) is 0 Å². The van der Waals surface area contributed by atoms with Crippen LogP contribution in [0.4, 0.5) is 0 Å². The highest BCUT2D eigenvalue weighted by Crippen LogP contribution is 2.32. The van der Waals surface area contributed by atoms with Crippen molar-refractivity contribution >= 4 is 5.97 Å². The van der Waals surface area contributed by atoms with Crippen molar-refractivity contribution in [2.45, 2.75) is 40.0 Å². The quantitative estimate of drug-likeness (QED) is 0.736. The van der Waals surface area contributed by atoms with Crippen LogP contribution in [0.5, 0.6) is 11.5 Å². The smallest absolute Gasteiger partial charge is 0.335 e. The van der Waals surface area contributed by atoms with Gasteiger partial charge in [-0.15, -0.1) is 0 Å². The number of allylic oxidation sites excluding steroid dienone is 4. The highest BCUT2D eigenvalue weighted by molar-refractivity contribution is 5.89. The molecule has 0 aliphatic carbocycles. The van der Waals surface area contributed by atoms with E-state index < -0.39 is 5.97 Å². The molecule has 0 aliphatic rings. The first kappa shape index (κ1) is 17.8. The fourth-order valence-electron chi connectivity index (χ4n) is 2.16. The Morgan fingerprint density at radius 3 is 2.45 bits per heavy atom. The Hall–Kier alpha value is -2.23. The highest BCUT2D eigenvalue weighted by Gasteiger charge is 2.13. The van der Waals surface area contributed by atoms with E-state index in [1.54, 1.807) is 6.07 Å². The van der Waals surface area contributed by atoms with Gasteiger partial charge in [-0.3, -0.25) is 0 Å². The second-order valence-corrected chi connectivity index (χ2v) is 5.57. The summed E-state index contributed by atoms with van der Waals surface area (Å²) in [5, 5.41) is 18.9. The normalized spacial score (nSPS) is 11.2. The Kier molecular flexibility index (Phi) is 6.70. The summed E-state index contributed by atoms with van der Waals surface area (Å²) in [6.07, 6.45) is 6.70. The number of aromatic hydroxyl groups is 1. The lowest BCUT2D eigenvalue weighted by Crippen LogP contribution is -2.00. The van der Waals surface area contributed by atoms with Gasteiger partial charge < -0.3 is 14.9 Å². The molecule has 120 valence electrons. The van der Waals surface area contributed by atoms with E-state index >= 15 is 0 Å². The molecule has 22 heavy (non-hydrogen) atoms. The summed E-state index contributed by atoms with van der Waals surface area (Å²) >= 11 is 0. The van der Waals surface area contributed by atoms with E-state index in [1.165, 1.54) is 24.3 Å². The van der Waals surface area contributed by atoms with Crippen molar-refractivity contribution in [2.24, 2.45) is 0 Å². The van der Waals surface area contributed by atoms with E-state index in [0.717, 1.165) is 12.8 Å². The van der Waals surface area contributed by atoms with Crippen LogP contribution in [-0.2, 0) is 6.42 Å². The van der Waals surface area contributed by atoms with Gasteiger partial charge in [-0.05, 0) is 52.2 Å². The molecule has 0 aliphatic heterocycles. The van der Waals surface area contributed by atoms with E-state index in [0.29, 0.717) is 17.7 Å². The fraction of sp³-hybridized carbons (Fsp3) is 0.389. The Morgan fingerprint density at radius 1 is 1.23 bits per heavy atom. The monoisotopic (exact) mass is 304 g/mol. The molecule has 1 aromatic carbocycles. The lowest BCUT2D eigenvalue weighted by Gasteiger charge is -2.10. The van der Waals surface area contributed by atoms with Crippen molar-refractivity contribution in [3.63, 3.8) is 0 Å². The first-order chi connectivity index (χ1) is 10.3. The molecule has 0 heterocycles. The number of methoxy groups -OCH3 is 1. The zero-order valence-corrected chi connectivity index (χ0v) is 13.6. The molecule has 4 nitrogen and oxygen atoms in total. The van der Waals surface area contributed by atoms with E-state index in [2.05, 4.69) is 19.9 Å². The topological polar surface area (TPSA) is 66.8 Å². The van der Waals surface area contributed by atoms with Gasteiger partial charge in [0.2, 0.25) is 0 Å². The Bertz CT molecular complexity index is 593. The summed E-state index contributed by atoms with van der Waals surface area (Å²) < 4.78 is 5.17. The second kappa shape index (κ2) is 8.27. The lowest BCUT2D eigenvalue weighted by atomic mass is 10.0. The molecule has 0 saturated carbocycles. The van der Waals surface area contributed by atoms with Gasteiger partial charge in [-0.25, -0.2) is 4.79 Å². The third-order valence-corrected chi connectivity index (χ3v) is 3.36. The van der Waals surface area contributed by atoms with Crippen LogP contribution in [0.3, 0.4) is 0 Å². The SMILES string of the molecule is COc1c(O)cc(C(=O)O)cc1C/C=C(\C)CCC=C(C)C. The van der Waals surface area contributed by atoms with Crippen molar-refractivity contribution in [2.75, 3.05) is 7.11 Å². The number of hydrogen-bond donors (Lipinski definition) is 2. The molecule has 1 rings (SSSR count). The predicted octanol–water partition coefficient (Wildman–Crippen LogP) is 4.33. The zero-order chi connectivity index (χ0) is 16.7. The van der Waals surface area contributed by atoms with Crippen LogP contribution in [0.2, 0.25) is 0 Å². The second-order valence-electron chi connectivity index (χ2n) is 5.57. The van der Waals surface area contributed by atoms with Crippen molar-refractivity contribution in [1.82, 2.24) is 0 Å². The summed E-state index contributed by atoms with van der Waals surface area (Å²) in [5.41, 5.74) is 3.25. The van der Waals surface area contributed by atoms with Crippen molar-refractivity contribution in [3.05, 3.63) is 46.6 Å². The van der Waals surface area contributed by atoms with Crippen LogP contribution in [-0.4, -0.2) is 23.3 Å². The molecule has 4 heteroatoms. The molecule has 0 saturated heterocycles. The fourth-order valence-corrected chi connectivity index (χ4v) is 2.16. The number of carbonyl (C=O) groups is 1. The third kappa shape index (κ3) is 5.28. The maximum absolute atomic E-state index is 11.1. The van der Waals surface area contributed by atoms with E-state index in [9.17, 15) is 9.90 Å². The molecular formula is C18H24O4. The number of hydrogen-bond acceptors (Lipinski definition) is 3. The number of phenols is 1. The van der Waals surface area contributed by atoms with Crippen LogP contribution in [0.15, 0.2) is 35.4 Å². The lowest BCUT2D eigenvalue weighted by molar-refractivity contribution is 0.0696. The molecule has 1 aromatic rings. The summed E-state index contributed by atoms with van der Waals surface area (Å²) in [5.74, 6) is -0.880. The summed E-state index contributed by atoms with van der Waals surface area (Å²) in [7, 11) is 1.46. The highest BCUT2D eigenvalue weighted by atomic mass is 16.5. The van der Waals surface area contributed by atoms with Gasteiger partial charge in [-0.1, -0.05) is 23.3 Å². The van der Waals surface area contributed by atoms with Crippen LogP contribution < -0.4 is 4.74 Å². The van der Waals surface area contributed by atoms with Crippen molar-refractivity contribution in [3.8, 4) is 11.5 Å². The molecular weight excluding hydrogens is 280 g/mol. The molecule has 0 unspecified atom stereocenters. The first-order valence-corrected chi connectivity index (χ1v) is 7.27. The van der Waals surface area contributed by atoms with Crippen LogP contribution >= 0.6 is 0 Å². The number of phenolic OH excluding ortho intramolecular Hbond substituents is 1. The van der Waals surface area contributed by atoms with Gasteiger partial charge >= 0.3 is 5.97 Å². The number of aromatic carboxylic acids is 1. The molecule has 2 N–H and O–H groups in total. The maximum Gasteiger partial charge on any atom is 0.335 e. The van der Waals surface area contributed by atoms with Crippen LogP contribution in [0, 0.1) is 0 Å². The number of carboxylic acids is 1. The van der Waals surface area contributed by atoms with E-state index in [1.807, 2.05) is 13.0 Å². The van der Waals surface area contributed by atoms with Gasteiger partial charge in [0.25, 0.3) is 0 Å². The maximum atomic E-state index is 11.1. The molecule has 0 spiro atoms. The summed E-state index contributed by atoms with van der Waals surface area (Å²) in [6.45, 7) is 6.19. The molecule has 0 aromatic heterocycles.